The molecule has 17 heavy (non-hydrogen) atoms. The minimum Gasteiger partial charge on any atom is -0.481 e. The van der Waals surface area contributed by atoms with Gasteiger partial charge in [-0.1, -0.05) is 24.1 Å². The van der Waals surface area contributed by atoms with Crippen molar-refractivity contribution in [3.8, 4) is 11.8 Å². The number of benzene rings is 1. The third kappa shape index (κ3) is 6.00. The maximum Gasteiger partial charge on any atom is 0.303 e. The lowest BCUT2D eigenvalue weighted by Gasteiger charge is -1.97. The predicted octanol–water partition coefficient (Wildman–Crippen LogP) is 1.02. The molecule has 0 aliphatic heterocycles. The Bertz CT molecular complexity index is 443. The smallest absolute Gasteiger partial charge is 0.303 e. The van der Waals surface area contributed by atoms with Gasteiger partial charge in [0.05, 0.1) is 0 Å². The van der Waals surface area contributed by atoms with Crippen LogP contribution in [0.5, 0.6) is 0 Å². The first kappa shape index (κ1) is 12.8. The first-order chi connectivity index (χ1) is 8.18. The number of nitrogens with one attached hydrogen (secondary N) is 1. The van der Waals surface area contributed by atoms with Gasteiger partial charge >= 0.3 is 5.97 Å². The molecule has 0 aliphatic rings. The quantitative estimate of drug-likeness (QED) is 0.600. The third-order valence-corrected chi connectivity index (χ3v) is 1.95. The zero-order chi connectivity index (χ0) is 12.5. The Morgan fingerprint density at radius 2 is 1.94 bits per heavy atom. The highest BCUT2D eigenvalue weighted by atomic mass is 16.4. The Kier molecular flexibility index (Phi) is 5.32. The molecule has 0 saturated carbocycles. The number of carboxylic acids is 1. The summed E-state index contributed by atoms with van der Waals surface area (Å²) in [4.78, 5) is 21.4. The van der Waals surface area contributed by atoms with Crippen LogP contribution in [0.1, 0.15) is 18.4 Å². The van der Waals surface area contributed by atoms with E-state index in [0.717, 1.165) is 5.56 Å². The van der Waals surface area contributed by atoms with Gasteiger partial charge in [0.1, 0.15) is 0 Å². The zero-order valence-electron chi connectivity index (χ0n) is 9.27. The Balaban J connectivity index is 2.30. The SMILES string of the molecule is O=C(O)CCCNC(=O)C#Cc1ccccc1. The van der Waals surface area contributed by atoms with E-state index in [4.69, 9.17) is 5.11 Å². The number of amides is 1. The molecule has 1 amide bonds. The highest BCUT2D eigenvalue weighted by molar-refractivity contribution is 5.94. The summed E-state index contributed by atoms with van der Waals surface area (Å²) in [6.07, 6.45) is 0.459. The molecule has 1 aromatic carbocycles. The molecule has 0 saturated heterocycles. The zero-order valence-corrected chi connectivity index (χ0v) is 9.27. The maximum absolute atomic E-state index is 11.2. The molecule has 0 bridgehead atoms. The average molecular weight is 231 g/mol. The van der Waals surface area contributed by atoms with Crippen LogP contribution in [0, 0.1) is 11.8 Å². The normalized spacial score (nSPS) is 8.94. The van der Waals surface area contributed by atoms with Crippen molar-refractivity contribution in [3.63, 3.8) is 0 Å². The molecule has 0 unspecified atom stereocenters. The number of carbonyl (C=O) groups is 2. The molecule has 2 N–H and O–H groups in total. The van der Waals surface area contributed by atoms with Crippen LogP contribution in [0.2, 0.25) is 0 Å². The Labute approximate surface area is 99.7 Å². The van der Waals surface area contributed by atoms with E-state index in [1.54, 1.807) is 0 Å². The molecule has 4 nitrogen and oxygen atoms in total. The van der Waals surface area contributed by atoms with Crippen LogP contribution in [-0.2, 0) is 9.59 Å². The Morgan fingerprint density at radius 3 is 2.59 bits per heavy atom. The topological polar surface area (TPSA) is 66.4 Å². The molecule has 0 aliphatic carbocycles. The van der Waals surface area contributed by atoms with Gasteiger partial charge in [-0.15, -0.1) is 0 Å². The molecule has 1 rings (SSSR count). The first-order valence-corrected chi connectivity index (χ1v) is 5.25. The number of carboxylic acid groups (broad SMARTS) is 1. The van der Waals surface area contributed by atoms with Crippen LogP contribution in [0.3, 0.4) is 0 Å². The molecule has 0 heterocycles. The fourth-order valence-corrected chi connectivity index (χ4v) is 1.14. The van der Waals surface area contributed by atoms with Crippen LogP contribution in [0.15, 0.2) is 30.3 Å². The Morgan fingerprint density at radius 1 is 1.24 bits per heavy atom. The summed E-state index contributed by atoms with van der Waals surface area (Å²) in [6, 6.07) is 9.18. The second-order valence-electron chi connectivity index (χ2n) is 3.37. The van der Waals surface area contributed by atoms with Crippen molar-refractivity contribution in [3.05, 3.63) is 35.9 Å². The number of aliphatic carboxylic acids is 1. The molecule has 4 heteroatoms. The van der Waals surface area contributed by atoms with Crippen LogP contribution < -0.4 is 5.32 Å². The van der Waals surface area contributed by atoms with Crippen molar-refractivity contribution in [2.24, 2.45) is 0 Å². The lowest BCUT2D eigenvalue weighted by atomic mass is 10.2. The van der Waals surface area contributed by atoms with Crippen molar-refractivity contribution < 1.29 is 14.7 Å². The van der Waals surface area contributed by atoms with E-state index in [1.807, 2.05) is 30.3 Å². The maximum atomic E-state index is 11.2. The number of hydrogen-bond donors (Lipinski definition) is 2. The van der Waals surface area contributed by atoms with Gasteiger partial charge in [0, 0.05) is 24.4 Å². The second kappa shape index (κ2) is 7.07. The molecule has 1 aromatic rings. The number of rotatable bonds is 4. The summed E-state index contributed by atoms with van der Waals surface area (Å²) in [5.74, 6) is 3.90. The molecular formula is C13H13NO3. The van der Waals surface area contributed by atoms with E-state index < -0.39 is 5.97 Å². The van der Waals surface area contributed by atoms with E-state index in [-0.39, 0.29) is 12.3 Å². The van der Waals surface area contributed by atoms with Gasteiger partial charge in [0.2, 0.25) is 0 Å². The number of hydrogen-bond acceptors (Lipinski definition) is 2. The molecule has 0 atom stereocenters. The fraction of sp³-hybridized carbons (Fsp3) is 0.231. The van der Waals surface area contributed by atoms with Gasteiger partial charge in [0.15, 0.2) is 0 Å². The van der Waals surface area contributed by atoms with Gasteiger partial charge in [-0.2, -0.15) is 0 Å². The van der Waals surface area contributed by atoms with Crippen LogP contribution in [0.25, 0.3) is 0 Å². The third-order valence-electron chi connectivity index (χ3n) is 1.95. The molecule has 0 radical (unpaired) electrons. The van der Waals surface area contributed by atoms with Gasteiger partial charge in [-0.05, 0) is 18.6 Å². The van der Waals surface area contributed by atoms with E-state index >= 15 is 0 Å². The van der Waals surface area contributed by atoms with Gasteiger partial charge in [-0.25, -0.2) is 0 Å². The molecule has 0 aromatic heterocycles. The summed E-state index contributed by atoms with van der Waals surface area (Å²) in [6.45, 7) is 0.328. The minimum atomic E-state index is -0.866. The highest BCUT2D eigenvalue weighted by Crippen LogP contribution is 1.94. The van der Waals surface area contributed by atoms with E-state index in [0.29, 0.717) is 13.0 Å². The van der Waals surface area contributed by atoms with Crippen molar-refractivity contribution in [2.75, 3.05) is 6.54 Å². The first-order valence-electron chi connectivity index (χ1n) is 5.25. The molecule has 0 spiro atoms. The summed E-state index contributed by atoms with van der Waals surface area (Å²) in [5, 5.41) is 10.9. The van der Waals surface area contributed by atoms with E-state index in [1.165, 1.54) is 0 Å². The van der Waals surface area contributed by atoms with Gasteiger partial charge in [0.25, 0.3) is 5.91 Å². The lowest BCUT2D eigenvalue weighted by Crippen LogP contribution is -2.23. The summed E-state index contributed by atoms with van der Waals surface area (Å²) < 4.78 is 0. The number of carbonyl (C=O) groups excluding carboxylic acids is 1. The fourth-order valence-electron chi connectivity index (χ4n) is 1.14. The summed E-state index contributed by atoms with van der Waals surface area (Å²) in [5.41, 5.74) is 0.771. The van der Waals surface area contributed by atoms with Crippen molar-refractivity contribution in [1.29, 1.82) is 0 Å². The summed E-state index contributed by atoms with van der Waals surface area (Å²) in [7, 11) is 0. The van der Waals surface area contributed by atoms with Crippen molar-refractivity contribution in [2.45, 2.75) is 12.8 Å². The van der Waals surface area contributed by atoms with Crippen LogP contribution >= 0.6 is 0 Å². The van der Waals surface area contributed by atoms with Crippen molar-refractivity contribution >= 4 is 11.9 Å². The minimum absolute atomic E-state index is 0.0480. The monoisotopic (exact) mass is 231 g/mol. The second-order valence-corrected chi connectivity index (χ2v) is 3.37. The average Bonchev–Trinajstić information content (AvgIpc) is 2.33. The van der Waals surface area contributed by atoms with Crippen LogP contribution in [-0.4, -0.2) is 23.5 Å². The lowest BCUT2D eigenvalue weighted by molar-refractivity contribution is -0.137. The van der Waals surface area contributed by atoms with Gasteiger partial charge in [-0.3, -0.25) is 9.59 Å². The van der Waals surface area contributed by atoms with E-state index in [9.17, 15) is 9.59 Å². The molecule has 0 fully saturated rings. The van der Waals surface area contributed by atoms with Gasteiger partial charge < -0.3 is 10.4 Å². The standard InChI is InChI=1S/C13H13NO3/c15-12(14-10-4-7-13(16)17)9-8-11-5-2-1-3-6-11/h1-3,5-6H,4,7,10H2,(H,14,15)(H,16,17). The Hall–Kier alpha value is -2.28. The largest absolute Gasteiger partial charge is 0.481 e. The molecule has 88 valence electrons. The summed E-state index contributed by atoms with van der Waals surface area (Å²) >= 11 is 0. The van der Waals surface area contributed by atoms with Crippen LogP contribution in [0.4, 0.5) is 0 Å². The van der Waals surface area contributed by atoms with E-state index in [2.05, 4.69) is 17.2 Å². The highest BCUT2D eigenvalue weighted by Gasteiger charge is 1.98. The van der Waals surface area contributed by atoms with Crippen molar-refractivity contribution in [1.82, 2.24) is 5.32 Å². The predicted molar refractivity (Wildman–Crippen MR) is 63.2 cm³/mol. The molecular weight excluding hydrogens is 218 g/mol.